The van der Waals surface area contributed by atoms with Crippen molar-refractivity contribution in [2.45, 2.75) is 0 Å². The molecule has 1 aromatic carbocycles. The van der Waals surface area contributed by atoms with Crippen LogP contribution in [0.4, 0.5) is 0 Å². The molecule has 2 heterocycles. The third-order valence-electron chi connectivity index (χ3n) is 4.30. The van der Waals surface area contributed by atoms with Crippen molar-refractivity contribution in [2.75, 3.05) is 7.11 Å². The Morgan fingerprint density at radius 1 is 0.893 bits per heavy atom. The number of carbonyl (C=O) groups is 2. The van der Waals surface area contributed by atoms with E-state index in [1.165, 1.54) is 25.3 Å². The first-order valence-electron chi connectivity index (χ1n) is 7.87. The Labute approximate surface area is 155 Å². The molecule has 0 aliphatic heterocycles. The van der Waals surface area contributed by atoms with E-state index in [2.05, 4.69) is 0 Å². The average molecular weight is 384 g/mol. The summed E-state index contributed by atoms with van der Waals surface area (Å²) < 4.78 is 15.3. The van der Waals surface area contributed by atoms with Gasteiger partial charge in [0.2, 0.25) is 11.6 Å². The number of phenols is 1. The Bertz CT molecular complexity index is 1270. The molecule has 0 bridgehead atoms. The SMILES string of the molecule is COc1cc(-c2c(O)oc(-c3c(O)oc4c3=CC(=O)C(=O)C=4)c2O)ccc1O. The highest BCUT2D eigenvalue weighted by Gasteiger charge is 2.29. The zero-order valence-electron chi connectivity index (χ0n) is 14.2. The van der Waals surface area contributed by atoms with Crippen LogP contribution < -0.4 is 15.4 Å². The van der Waals surface area contributed by atoms with Gasteiger partial charge in [-0.05, 0) is 17.7 Å². The van der Waals surface area contributed by atoms with Crippen LogP contribution in [-0.4, -0.2) is 39.1 Å². The summed E-state index contributed by atoms with van der Waals surface area (Å²) in [5.41, 5.74) is -0.166. The van der Waals surface area contributed by atoms with Crippen LogP contribution in [0.1, 0.15) is 0 Å². The van der Waals surface area contributed by atoms with Crippen LogP contribution >= 0.6 is 0 Å². The van der Waals surface area contributed by atoms with Crippen LogP contribution in [0, 0.1) is 0 Å². The second-order valence-corrected chi connectivity index (χ2v) is 5.92. The molecule has 0 fully saturated rings. The van der Waals surface area contributed by atoms with E-state index in [0.29, 0.717) is 0 Å². The molecule has 28 heavy (non-hydrogen) atoms. The van der Waals surface area contributed by atoms with Crippen molar-refractivity contribution in [1.82, 2.24) is 0 Å². The number of benzene rings is 1. The second kappa shape index (κ2) is 5.95. The van der Waals surface area contributed by atoms with Crippen LogP contribution in [0.3, 0.4) is 0 Å². The molecule has 9 nitrogen and oxygen atoms in total. The van der Waals surface area contributed by atoms with Gasteiger partial charge in [0.25, 0.3) is 11.9 Å². The lowest BCUT2D eigenvalue weighted by Crippen LogP contribution is -2.31. The number of furan rings is 2. The van der Waals surface area contributed by atoms with Crippen LogP contribution in [-0.2, 0) is 9.59 Å². The fraction of sp³-hybridized carbons (Fsp3) is 0.0526. The smallest absolute Gasteiger partial charge is 0.294 e. The molecule has 1 aliphatic rings. The van der Waals surface area contributed by atoms with E-state index in [4.69, 9.17) is 13.6 Å². The number of ketones is 2. The number of Topliss-reactive ketones (excluding diaryl/α,β-unsaturated/α-hetero) is 2. The van der Waals surface area contributed by atoms with E-state index in [9.17, 15) is 30.0 Å². The van der Waals surface area contributed by atoms with Gasteiger partial charge in [-0.15, -0.1) is 0 Å². The molecule has 4 rings (SSSR count). The van der Waals surface area contributed by atoms with Gasteiger partial charge in [0.15, 0.2) is 23.0 Å². The number of hydrogen-bond acceptors (Lipinski definition) is 9. The Morgan fingerprint density at radius 3 is 2.29 bits per heavy atom. The van der Waals surface area contributed by atoms with Crippen molar-refractivity contribution < 1.29 is 43.6 Å². The quantitative estimate of drug-likeness (QED) is 0.480. The Balaban J connectivity index is 1.96. The third-order valence-corrected chi connectivity index (χ3v) is 4.30. The molecular weight excluding hydrogens is 372 g/mol. The standard InChI is InChI=1S/C19H12O9/c1-26-13-4-7(2-3-9(13)20)14-16(23)17(28-18(14)24)15-8-5-10(21)11(22)6-12(8)27-19(15)25/h2-6,20,23-25H,1H3. The van der Waals surface area contributed by atoms with Crippen molar-refractivity contribution in [1.29, 1.82) is 0 Å². The number of methoxy groups -OCH3 is 1. The first kappa shape index (κ1) is 17.3. The summed E-state index contributed by atoms with van der Waals surface area (Å²) in [5, 5.41) is 40.7. The number of phenolic OH excluding ortho intramolecular Hbond substituents is 1. The lowest BCUT2D eigenvalue weighted by atomic mass is 10.0. The summed E-state index contributed by atoms with van der Waals surface area (Å²) in [6, 6.07) is 4.05. The summed E-state index contributed by atoms with van der Waals surface area (Å²) in [6.45, 7) is 0. The Hall–Kier alpha value is -4.14. The van der Waals surface area contributed by atoms with E-state index in [1.54, 1.807) is 0 Å². The second-order valence-electron chi connectivity index (χ2n) is 5.92. The number of fused-ring (bicyclic) bond motifs is 1. The van der Waals surface area contributed by atoms with Gasteiger partial charge in [0.05, 0.1) is 7.11 Å². The first-order chi connectivity index (χ1) is 13.3. The topological polar surface area (TPSA) is 151 Å². The molecule has 0 radical (unpaired) electrons. The molecule has 0 atom stereocenters. The van der Waals surface area contributed by atoms with Gasteiger partial charge >= 0.3 is 0 Å². The number of carbonyl (C=O) groups excluding carboxylic acids is 2. The van der Waals surface area contributed by atoms with Gasteiger partial charge in [0, 0.05) is 17.4 Å². The largest absolute Gasteiger partial charge is 0.504 e. The summed E-state index contributed by atoms with van der Waals surface area (Å²) in [5.74, 6) is -4.03. The highest BCUT2D eigenvalue weighted by atomic mass is 16.5. The van der Waals surface area contributed by atoms with Crippen LogP contribution in [0.15, 0.2) is 27.0 Å². The van der Waals surface area contributed by atoms with Crippen molar-refractivity contribution in [3.63, 3.8) is 0 Å². The third kappa shape index (κ3) is 2.41. The Kier molecular flexibility index (Phi) is 3.67. The number of hydrogen-bond donors (Lipinski definition) is 4. The lowest BCUT2D eigenvalue weighted by Gasteiger charge is -2.05. The Morgan fingerprint density at radius 2 is 1.57 bits per heavy atom. The lowest BCUT2D eigenvalue weighted by molar-refractivity contribution is -0.129. The van der Waals surface area contributed by atoms with Gasteiger partial charge < -0.3 is 34.0 Å². The average Bonchev–Trinajstić information content (AvgIpc) is 3.11. The van der Waals surface area contributed by atoms with Gasteiger partial charge in [-0.25, -0.2) is 0 Å². The van der Waals surface area contributed by atoms with Crippen molar-refractivity contribution in [3.8, 4) is 51.6 Å². The molecule has 0 spiro atoms. The van der Waals surface area contributed by atoms with Gasteiger partial charge in [0.1, 0.15) is 16.5 Å². The minimum absolute atomic E-state index is 0.0287. The summed E-state index contributed by atoms with van der Waals surface area (Å²) in [6.07, 6.45) is 1.85. The van der Waals surface area contributed by atoms with E-state index in [-0.39, 0.29) is 44.6 Å². The normalized spacial score (nSPS) is 13.0. The van der Waals surface area contributed by atoms with E-state index < -0.39 is 29.2 Å². The number of aromatic hydroxyl groups is 4. The first-order valence-corrected chi connectivity index (χ1v) is 7.87. The minimum Gasteiger partial charge on any atom is -0.504 e. The van der Waals surface area contributed by atoms with Crippen LogP contribution in [0.2, 0.25) is 0 Å². The predicted octanol–water partition coefficient (Wildman–Crippen LogP) is 0.750. The van der Waals surface area contributed by atoms with E-state index in [0.717, 1.165) is 12.2 Å². The van der Waals surface area contributed by atoms with Gasteiger partial charge in [-0.3, -0.25) is 9.59 Å². The van der Waals surface area contributed by atoms with Crippen LogP contribution in [0.5, 0.6) is 29.1 Å². The maximum Gasteiger partial charge on any atom is 0.294 e. The highest BCUT2D eigenvalue weighted by molar-refractivity contribution is 6.57. The molecule has 142 valence electrons. The molecule has 4 N–H and O–H groups in total. The molecular formula is C19H12O9. The summed E-state index contributed by atoms with van der Waals surface area (Å²) >= 11 is 0. The molecule has 2 aromatic heterocycles. The zero-order chi connectivity index (χ0) is 20.2. The molecule has 1 aliphatic carbocycles. The molecule has 3 aromatic rings. The van der Waals surface area contributed by atoms with Crippen LogP contribution in [0.25, 0.3) is 34.6 Å². The fourth-order valence-electron chi connectivity index (χ4n) is 2.98. The maximum absolute atomic E-state index is 11.7. The van der Waals surface area contributed by atoms with E-state index >= 15 is 0 Å². The molecule has 9 heteroatoms. The number of rotatable bonds is 3. The predicted molar refractivity (Wildman–Crippen MR) is 93.3 cm³/mol. The van der Waals surface area contributed by atoms with Gasteiger partial charge in [-0.2, -0.15) is 0 Å². The molecule has 0 saturated carbocycles. The zero-order valence-corrected chi connectivity index (χ0v) is 14.2. The fourth-order valence-corrected chi connectivity index (χ4v) is 2.98. The number of ether oxygens (including phenoxy) is 1. The van der Waals surface area contributed by atoms with Crippen molar-refractivity contribution >= 4 is 23.7 Å². The summed E-state index contributed by atoms with van der Waals surface area (Å²) in [7, 11) is 1.33. The van der Waals surface area contributed by atoms with E-state index in [1.807, 2.05) is 0 Å². The molecule has 0 unspecified atom stereocenters. The molecule has 0 saturated heterocycles. The molecule has 0 amide bonds. The maximum atomic E-state index is 11.7. The monoisotopic (exact) mass is 384 g/mol. The highest BCUT2D eigenvalue weighted by Crippen LogP contribution is 2.48. The minimum atomic E-state index is -0.840. The van der Waals surface area contributed by atoms with Gasteiger partial charge in [-0.1, -0.05) is 6.07 Å². The summed E-state index contributed by atoms with van der Waals surface area (Å²) in [4.78, 5) is 23.2. The van der Waals surface area contributed by atoms with Crippen molar-refractivity contribution in [2.24, 2.45) is 0 Å². The van der Waals surface area contributed by atoms with Crippen molar-refractivity contribution in [3.05, 3.63) is 28.8 Å².